The first-order chi connectivity index (χ1) is 8.27. The minimum absolute atomic E-state index is 0.0685. The molecule has 6 heteroatoms. The Morgan fingerprint density at radius 2 is 2.06 bits per heavy atom. The monoisotopic (exact) mass is 257 g/mol. The molecule has 1 rings (SSSR count). The minimum atomic E-state index is -0.817. The lowest BCUT2D eigenvalue weighted by Gasteiger charge is -2.34. The van der Waals surface area contributed by atoms with E-state index in [-0.39, 0.29) is 12.2 Å². The molecule has 3 N–H and O–H groups in total. The van der Waals surface area contributed by atoms with Gasteiger partial charge in [0.2, 0.25) is 0 Å². The average molecular weight is 257 g/mol. The van der Waals surface area contributed by atoms with Crippen molar-refractivity contribution < 1.29 is 13.6 Å². The lowest BCUT2D eigenvalue weighted by atomic mass is 10.1. The molecule has 18 heavy (non-hydrogen) atoms. The summed E-state index contributed by atoms with van der Waals surface area (Å²) in [5.74, 6) is -1.51. The summed E-state index contributed by atoms with van der Waals surface area (Å²) >= 11 is 0. The second-order valence-electron chi connectivity index (χ2n) is 4.63. The number of anilines is 1. The summed E-state index contributed by atoms with van der Waals surface area (Å²) in [6.07, 6.45) is 0. The van der Waals surface area contributed by atoms with Crippen LogP contribution >= 0.6 is 0 Å². The maximum Gasteiger partial charge on any atom is 0.322 e. The summed E-state index contributed by atoms with van der Waals surface area (Å²) in [5.41, 5.74) is 4.92. The molecular formula is C12H17F2N3O. The summed E-state index contributed by atoms with van der Waals surface area (Å²) in [6.45, 7) is 3.84. The van der Waals surface area contributed by atoms with Gasteiger partial charge in [0.1, 0.15) is 11.6 Å². The summed E-state index contributed by atoms with van der Waals surface area (Å²) in [4.78, 5) is 13.2. The normalized spacial score (nSPS) is 11.2. The van der Waals surface area contributed by atoms with Gasteiger partial charge < -0.3 is 16.0 Å². The van der Waals surface area contributed by atoms with Crippen molar-refractivity contribution in [2.75, 3.05) is 18.9 Å². The van der Waals surface area contributed by atoms with Crippen LogP contribution in [0.4, 0.5) is 19.3 Å². The number of urea groups is 1. The molecule has 0 aliphatic heterocycles. The molecule has 0 aromatic heterocycles. The van der Waals surface area contributed by atoms with E-state index < -0.39 is 23.2 Å². The largest absolute Gasteiger partial charge is 0.328 e. The Hall–Kier alpha value is -1.69. The van der Waals surface area contributed by atoms with Gasteiger partial charge in [0.05, 0.1) is 11.2 Å². The van der Waals surface area contributed by atoms with Crippen LogP contribution in [0.1, 0.15) is 13.8 Å². The third-order valence-corrected chi connectivity index (χ3v) is 2.88. The molecule has 0 heterocycles. The highest BCUT2D eigenvalue weighted by Gasteiger charge is 2.26. The van der Waals surface area contributed by atoms with E-state index in [0.29, 0.717) is 6.07 Å². The van der Waals surface area contributed by atoms with Gasteiger partial charge in [-0.05, 0) is 26.0 Å². The Bertz CT molecular complexity index is 449. The van der Waals surface area contributed by atoms with Crippen LogP contribution in [0.15, 0.2) is 18.2 Å². The van der Waals surface area contributed by atoms with Crippen LogP contribution in [0.25, 0.3) is 0 Å². The van der Waals surface area contributed by atoms with Crippen molar-refractivity contribution in [2.45, 2.75) is 19.4 Å². The van der Waals surface area contributed by atoms with Crippen LogP contribution in [0.5, 0.6) is 0 Å². The van der Waals surface area contributed by atoms with Gasteiger partial charge in [-0.25, -0.2) is 13.6 Å². The number of carbonyl (C=O) groups is 1. The predicted octanol–water partition coefficient (Wildman–Crippen LogP) is 2.17. The molecule has 2 amide bonds. The van der Waals surface area contributed by atoms with Gasteiger partial charge in [-0.2, -0.15) is 0 Å². The highest BCUT2D eigenvalue weighted by atomic mass is 19.1. The summed E-state index contributed by atoms with van der Waals surface area (Å²) in [5, 5.41) is 2.37. The Morgan fingerprint density at radius 3 is 2.56 bits per heavy atom. The maximum absolute atomic E-state index is 13.4. The number of hydrogen-bond donors (Lipinski definition) is 2. The SMILES string of the molecule is CN(C(=O)Nc1ccc(F)cc1F)C(C)(C)CN. The zero-order valence-electron chi connectivity index (χ0n) is 10.6. The molecule has 0 saturated carbocycles. The van der Waals surface area contributed by atoms with Crippen LogP contribution in [-0.4, -0.2) is 30.1 Å². The predicted molar refractivity (Wildman–Crippen MR) is 66.3 cm³/mol. The molecular weight excluding hydrogens is 240 g/mol. The van der Waals surface area contributed by atoms with Gasteiger partial charge in [0.15, 0.2) is 0 Å². The summed E-state index contributed by atoms with van der Waals surface area (Å²) in [6, 6.07) is 2.46. The smallest absolute Gasteiger partial charge is 0.322 e. The molecule has 0 radical (unpaired) electrons. The molecule has 4 nitrogen and oxygen atoms in total. The molecule has 0 aliphatic carbocycles. The van der Waals surface area contributed by atoms with Crippen molar-refractivity contribution in [1.29, 1.82) is 0 Å². The quantitative estimate of drug-likeness (QED) is 0.871. The third-order valence-electron chi connectivity index (χ3n) is 2.88. The van der Waals surface area contributed by atoms with Gasteiger partial charge in [-0.15, -0.1) is 0 Å². The van der Waals surface area contributed by atoms with Crippen LogP contribution < -0.4 is 11.1 Å². The van der Waals surface area contributed by atoms with Crippen molar-refractivity contribution in [3.05, 3.63) is 29.8 Å². The van der Waals surface area contributed by atoms with E-state index in [9.17, 15) is 13.6 Å². The van der Waals surface area contributed by atoms with Crippen molar-refractivity contribution in [3.8, 4) is 0 Å². The number of likely N-dealkylation sites (N-methyl/N-ethyl adjacent to an activating group) is 1. The van der Waals surface area contributed by atoms with E-state index >= 15 is 0 Å². The Balaban J connectivity index is 2.82. The van der Waals surface area contributed by atoms with Crippen molar-refractivity contribution >= 4 is 11.7 Å². The lowest BCUT2D eigenvalue weighted by molar-refractivity contribution is 0.172. The van der Waals surface area contributed by atoms with Gasteiger partial charge >= 0.3 is 6.03 Å². The fraction of sp³-hybridized carbons (Fsp3) is 0.417. The van der Waals surface area contributed by atoms with E-state index in [1.165, 1.54) is 11.0 Å². The van der Waals surface area contributed by atoms with Crippen molar-refractivity contribution in [1.82, 2.24) is 4.90 Å². The molecule has 100 valence electrons. The third kappa shape index (κ3) is 3.16. The number of nitrogens with one attached hydrogen (secondary N) is 1. The first kappa shape index (κ1) is 14.4. The van der Waals surface area contributed by atoms with Crippen LogP contribution in [0.3, 0.4) is 0 Å². The number of amides is 2. The number of benzene rings is 1. The Kier molecular flexibility index (Phi) is 4.24. The average Bonchev–Trinajstić information content (AvgIpc) is 2.31. The van der Waals surface area contributed by atoms with Gasteiger partial charge in [-0.3, -0.25) is 0 Å². The van der Waals surface area contributed by atoms with E-state index in [1.54, 1.807) is 20.9 Å². The highest BCUT2D eigenvalue weighted by Crippen LogP contribution is 2.17. The maximum atomic E-state index is 13.4. The van der Waals surface area contributed by atoms with Crippen LogP contribution in [0.2, 0.25) is 0 Å². The molecule has 0 aliphatic rings. The first-order valence-electron chi connectivity index (χ1n) is 5.48. The van der Waals surface area contributed by atoms with Crippen LogP contribution in [0, 0.1) is 11.6 Å². The zero-order valence-corrected chi connectivity index (χ0v) is 10.6. The molecule has 1 aromatic rings. The molecule has 0 unspecified atom stereocenters. The Morgan fingerprint density at radius 1 is 1.44 bits per heavy atom. The summed E-state index contributed by atoms with van der Waals surface area (Å²) in [7, 11) is 1.56. The van der Waals surface area contributed by atoms with Crippen LogP contribution in [-0.2, 0) is 0 Å². The number of rotatable bonds is 3. The fourth-order valence-electron chi connectivity index (χ4n) is 1.20. The molecule has 0 spiro atoms. The number of nitrogens with two attached hydrogens (primary N) is 1. The van der Waals surface area contributed by atoms with Crippen molar-refractivity contribution in [2.24, 2.45) is 5.73 Å². The van der Waals surface area contributed by atoms with Gasteiger partial charge in [-0.1, -0.05) is 0 Å². The second kappa shape index (κ2) is 5.30. The lowest BCUT2D eigenvalue weighted by Crippen LogP contribution is -2.51. The number of hydrogen-bond acceptors (Lipinski definition) is 2. The Labute approximate surface area is 105 Å². The fourth-order valence-corrected chi connectivity index (χ4v) is 1.20. The minimum Gasteiger partial charge on any atom is -0.328 e. The summed E-state index contributed by atoms with van der Waals surface area (Å²) < 4.78 is 26.1. The molecule has 0 bridgehead atoms. The van der Waals surface area contributed by atoms with E-state index in [0.717, 1.165) is 6.07 Å². The van der Waals surface area contributed by atoms with E-state index in [4.69, 9.17) is 5.73 Å². The second-order valence-corrected chi connectivity index (χ2v) is 4.63. The van der Waals surface area contributed by atoms with Gasteiger partial charge in [0, 0.05) is 19.7 Å². The standard InChI is InChI=1S/C12H17F2N3O/c1-12(2,7-15)17(3)11(18)16-10-5-4-8(13)6-9(10)14/h4-6H,7,15H2,1-3H3,(H,16,18). The molecule has 1 aromatic carbocycles. The zero-order chi connectivity index (χ0) is 13.9. The number of halogens is 2. The number of carbonyl (C=O) groups excluding carboxylic acids is 1. The highest BCUT2D eigenvalue weighted by molar-refractivity contribution is 5.89. The first-order valence-corrected chi connectivity index (χ1v) is 5.48. The van der Waals surface area contributed by atoms with E-state index in [2.05, 4.69) is 5.32 Å². The van der Waals surface area contributed by atoms with Crippen molar-refractivity contribution in [3.63, 3.8) is 0 Å². The van der Waals surface area contributed by atoms with Gasteiger partial charge in [0.25, 0.3) is 0 Å². The molecule has 0 fully saturated rings. The topological polar surface area (TPSA) is 58.4 Å². The molecule has 0 saturated heterocycles. The molecule has 0 atom stereocenters. The van der Waals surface area contributed by atoms with E-state index in [1.807, 2.05) is 0 Å². The number of nitrogens with zero attached hydrogens (tertiary/aromatic N) is 1.